The van der Waals surface area contributed by atoms with E-state index in [9.17, 15) is 9.59 Å². The minimum absolute atomic E-state index is 0.0441. The summed E-state index contributed by atoms with van der Waals surface area (Å²) in [6, 6.07) is 3.43. The molecule has 0 fully saturated rings. The molecule has 0 aliphatic heterocycles. The molecule has 1 heterocycles. The zero-order valence-corrected chi connectivity index (χ0v) is 10.5. The van der Waals surface area contributed by atoms with Crippen LogP contribution in [0.25, 0.3) is 0 Å². The van der Waals surface area contributed by atoms with Crippen LogP contribution in [0, 0.1) is 0 Å². The monoisotopic (exact) mass is 251 g/mol. The number of nitrogens with zero attached hydrogens (tertiary/aromatic N) is 1. The summed E-state index contributed by atoms with van der Waals surface area (Å²) < 4.78 is 4.58. The highest BCUT2D eigenvalue weighted by atomic mass is 16.5. The summed E-state index contributed by atoms with van der Waals surface area (Å²) in [7, 11) is 1.33. The Morgan fingerprint density at radius 1 is 1.33 bits per heavy atom. The fourth-order valence-corrected chi connectivity index (χ4v) is 1.31. The number of hydrogen-bond donors (Lipinski definition) is 2. The lowest BCUT2D eigenvalue weighted by Gasteiger charge is -2.05. The number of methoxy groups -OCH3 is 1. The molecule has 0 spiro atoms. The highest BCUT2D eigenvalue weighted by Gasteiger charge is 2.04. The van der Waals surface area contributed by atoms with Crippen LogP contribution in [0.3, 0.4) is 0 Å². The molecule has 2 N–H and O–H groups in total. The summed E-state index contributed by atoms with van der Waals surface area (Å²) in [5.74, 6) is -0.440. The Bertz CT molecular complexity index is 404. The fraction of sp³-hybridized carbons (Fsp3) is 0.417. The van der Waals surface area contributed by atoms with E-state index in [4.69, 9.17) is 0 Å². The predicted octanol–water partition coefficient (Wildman–Crippen LogP) is 0.0939. The average Bonchev–Trinajstić information content (AvgIpc) is 2.38. The first kappa shape index (κ1) is 14.1. The Labute approximate surface area is 106 Å². The molecule has 1 amide bonds. The molecule has 0 saturated carbocycles. The van der Waals surface area contributed by atoms with Crippen LogP contribution in [0.4, 0.5) is 0 Å². The van der Waals surface area contributed by atoms with E-state index >= 15 is 0 Å². The van der Waals surface area contributed by atoms with Crippen LogP contribution < -0.4 is 10.6 Å². The van der Waals surface area contributed by atoms with Crippen molar-refractivity contribution in [3.63, 3.8) is 0 Å². The lowest BCUT2D eigenvalue weighted by molar-refractivity contribution is -0.118. The van der Waals surface area contributed by atoms with E-state index in [1.54, 1.807) is 12.1 Å². The number of carbonyl (C=O) groups excluding carboxylic acids is 2. The van der Waals surface area contributed by atoms with Crippen molar-refractivity contribution in [2.75, 3.05) is 20.2 Å². The summed E-state index contributed by atoms with van der Waals surface area (Å²) >= 11 is 0. The summed E-state index contributed by atoms with van der Waals surface area (Å²) in [6.07, 6.45) is 1.48. The Morgan fingerprint density at radius 3 is 2.67 bits per heavy atom. The van der Waals surface area contributed by atoms with Crippen molar-refractivity contribution in [2.24, 2.45) is 0 Å². The van der Waals surface area contributed by atoms with Gasteiger partial charge in [-0.2, -0.15) is 0 Å². The van der Waals surface area contributed by atoms with Crippen molar-refractivity contribution >= 4 is 11.9 Å². The molecule has 1 rings (SSSR count). The predicted molar refractivity (Wildman–Crippen MR) is 66.0 cm³/mol. The third-order valence-corrected chi connectivity index (χ3v) is 2.23. The second kappa shape index (κ2) is 7.39. The maximum atomic E-state index is 11.2. The number of pyridine rings is 1. The highest BCUT2D eigenvalue weighted by Crippen LogP contribution is 2.01. The molecule has 1 aromatic heterocycles. The zero-order valence-electron chi connectivity index (χ0n) is 10.5. The molecule has 0 aromatic carbocycles. The molecule has 0 aliphatic rings. The molecule has 98 valence electrons. The van der Waals surface area contributed by atoms with Gasteiger partial charge in [-0.25, -0.2) is 4.79 Å². The summed E-state index contributed by atoms with van der Waals surface area (Å²) in [4.78, 5) is 25.9. The van der Waals surface area contributed by atoms with Gasteiger partial charge in [0, 0.05) is 32.8 Å². The second-order valence-corrected chi connectivity index (χ2v) is 3.69. The number of ether oxygens (including phenoxy) is 1. The van der Waals surface area contributed by atoms with Crippen LogP contribution in [-0.4, -0.2) is 37.1 Å². The highest BCUT2D eigenvalue weighted by molar-refractivity contribution is 5.88. The van der Waals surface area contributed by atoms with Gasteiger partial charge in [-0.1, -0.05) is 0 Å². The van der Waals surface area contributed by atoms with Crippen molar-refractivity contribution in [1.82, 2.24) is 15.6 Å². The van der Waals surface area contributed by atoms with Crippen molar-refractivity contribution in [1.29, 1.82) is 0 Å². The molecule has 1 aromatic rings. The lowest BCUT2D eigenvalue weighted by atomic mass is 10.2. The topological polar surface area (TPSA) is 80.3 Å². The molecule has 0 atom stereocenters. The van der Waals surface area contributed by atoms with Crippen molar-refractivity contribution in [2.45, 2.75) is 13.5 Å². The van der Waals surface area contributed by atoms with E-state index in [1.165, 1.54) is 20.2 Å². The molecule has 0 saturated heterocycles. The van der Waals surface area contributed by atoms with Gasteiger partial charge in [-0.15, -0.1) is 0 Å². The molecule has 0 bridgehead atoms. The molecular weight excluding hydrogens is 234 g/mol. The van der Waals surface area contributed by atoms with E-state index in [0.29, 0.717) is 25.2 Å². The van der Waals surface area contributed by atoms with Crippen LogP contribution >= 0.6 is 0 Å². The number of hydrogen-bond acceptors (Lipinski definition) is 5. The maximum absolute atomic E-state index is 11.2. The number of nitrogens with one attached hydrogen (secondary N) is 2. The standard InChI is InChI=1S/C12H17N3O3/c1-9(16)14-6-5-13-8-11-4-3-10(7-15-11)12(17)18-2/h3-4,7,13H,5-6,8H2,1-2H3,(H,14,16). The van der Waals surface area contributed by atoms with Crippen LogP contribution in [0.2, 0.25) is 0 Å². The molecule has 0 unspecified atom stereocenters. The van der Waals surface area contributed by atoms with Gasteiger partial charge in [0.25, 0.3) is 0 Å². The smallest absolute Gasteiger partial charge is 0.339 e. The van der Waals surface area contributed by atoms with Gasteiger partial charge >= 0.3 is 5.97 Å². The van der Waals surface area contributed by atoms with E-state index in [2.05, 4.69) is 20.4 Å². The van der Waals surface area contributed by atoms with Gasteiger partial charge in [0.05, 0.1) is 18.4 Å². The minimum Gasteiger partial charge on any atom is -0.465 e. The van der Waals surface area contributed by atoms with Crippen LogP contribution in [0.1, 0.15) is 23.0 Å². The van der Waals surface area contributed by atoms with E-state index < -0.39 is 5.97 Å². The summed E-state index contributed by atoms with van der Waals surface area (Å²) in [5.41, 5.74) is 1.25. The largest absolute Gasteiger partial charge is 0.465 e. The number of carbonyl (C=O) groups is 2. The van der Waals surface area contributed by atoms with Crippen LogP contribution in [0.15, 0.2) is 18.3 Å². The fourth-order valence-electron chi connectivity index (χ4n) is 1.31. The second-order valence-electron chi connectivity index (χ2n) is 3.69. The first-order valence-electron chi connectivity index (χ1n) is 5.62. The maximum Gasteiger partial charge on any atom is 0.339 e. The SMILES string of the molecule is COC(=O)c1ccc(CNCCNC(C)=O)nc1. The van der Waals surface area contributed by atoms with Crippen molar-refractivity contribution in [3.05, 3.63) is 29.6 Å². The molecule has 0 aliphatic carbocycles. The summed E-state index contributed by atoms with van der Waals surface area (Å²) in [6.45, 7) is 3.31. The molecule has 6 heteroatoms. The molecule has 6 nitrogen and oxygen atoms in total. The number of esters is 1. The average molecular weight is 251 g/mol. The minimum atomic E-state index is -0.396. The van der Waals surface area contributed by atoms with E-state index in [-0.39, 0.29) is 5.91 Å². The number of rotatable bonds is 6. The van der Waals surface area contributed by atoms with Crippen LogP contribution in [-0.2, 0) is 16.1 Å². The van der Waals surface area contributed by atoms with Crippen molar-refractivity contribution in [3.8, 4) is 0 Å². The zero-order chi connectivity index (χ0) is 13.4. The number of amides is 1. The Morgan fingerprint density at radius 2 is 2.11 bits per heavy atom. The van der Waals surface area contributed by atoms with Gasteiger partial charge in [0.15, 0.2) is 0 Å². The first-order valence-corrected chi connectivity index (χ1v) is 5.62. The third kappa shape index (κ3) is 4.92. The Kier molecular flexibility index (Phi) is 5.79. The Hall–Kier alpha value is -1.95. The summed E-state index contributed by atoms with van der Waals surface area (Å²) in [5, 5.41) is 5.81. The normalized spacial score (nSPS) is 9.89. The van der Waals surface area contributed by atoms with Gasteiger partial charge in [0.1, 0.15) is 0 Å². The molecular formula is C12H17N3O3. The Balaban J connectivity index is 2.31. The molecule has 18 heavy (non-hydrogen) atoms. The van der Waals surface area contributed by atoms with Gasteiger partial charge in [-0.3, -0.25) is 9.78 Å². The van der Waals surface area contributed by atoms with E-state index in [0.717, 1.165) is 5.69 Å². The van der Waals surface area contributed by atoms with Gasteiger partial charge in [-0.05, 0) is 12.1 Å². The quantitative estimate of drug-likeness (QED) is 0.553. The van der Waals surface area contributed by atoms with Crippen molar-refractivity contribution < 1.29 is 14.3 Å². The number of aromatic nitrogens is 1. The van der Waals surface area contributed by atoms with Crippen LogP contribution in [0.5, 0.6) is 0 Å². The van der Waals surface area contributed by atoms with Gasteiger partial charge < -0.3 is 15.4 Å². The third-order valence-electron chi connectivity index (χ3n) is 2.23. The van der Waals surface area contributed by atoms with E-state index in [1.807, 2.05) is 0 Å². The van der Waals surface area contributed by atoms with Gasteiger partial charge in [0.2, 0.25) is 5.91 Å². The molecule has 0 radical (unpaired) electrons. The first-order chi connectivity index (χ1) is 8.63. The lowest BCUT2D eigenvalue weighted by Crippen LogP contribution is -2.30.